The lowest BCUT2D eigenvalue weighted by molar-refractivity contribution is -0.246. The fourth-order valence-corrected chi connectivity index (χ4v) is 4.52. The number of nitrogens with one attached hydrogen (secondary N) is 1. The van der Waals surface area contributed by atoms with Gasteiger partial charge in [0.05, 0.1) is 18.5 Å². The summed E-state index contributed by atoms with van der Waals surface area (Å²) in [7, 11) is 0. The third-order valence-electron chi connectivity index (χ3n) is 4.94. The summed E-state index contributed by atoms with van der Waals surface area (Å²) in [5.74, 6) is -2.05. The smallest absolute Gasteiger partial charge is 0.308 e. The van der Waals surface area contributed by atoms with Crippen molar-refractivity contribution in [3.63, 3.8) is 0 Å². The summed E-state index contributed by atoms with van der Waals surface area (Å²) in [6.07, 6.45) is 0.253. The number of fused-ring (bicyclic) bond motifs is 1. The summed E-state index contributed by atoms with van der Waals surface area (Å²) in [5, 5.41) is 6.14. The highest BCUT2D eigenvalue weighted by molar-refractivity contribution is 7.17. The number of hydrogen-bond donors (Lipinski definition) is 2. The molecule has 1 amide bonds. The Kier molecular flexibility index (Phi) is 9.21. The van der Waals surface area contributed by atoms with E-state index in [1.54, 1.807) is 32.1 Å². The van der Waals surface area contributed by atoms with Crippen molar-refractivity contribution in [2.24, 2.45) is 5.73 Å². The summed E-state index contributed by atoms with van der Waals surface area (Å²) in [5.41, 5.74) is 6.45. The second-order valence-corrected chi connectivity index (χ2v) is 9.65. The number of ether oxygens (including phenoxy) is 3. The highest BCUT2D eigenvalue weighted by atomic mass is 32.1. The minimum atomic E-state index is -1.07. The van der Waals surface area contributed by atoms with Crippen LogP contribution in [-0.2, 0) is 30.2 Å². The van der Waals surface area contributed by atoms with Crippen LogP contribution in [0, 0.1) is 0 Å². The van der Waals surface area contributed by atoms with Crippen LogP contribution < -0.4 is 11.1 Å². The van der Waals surface area contributed by atoms with Crippen LogP contribution in [0.1, 0.15) is 53.5 Å². The molecule has 0 saturated carbocycles. The van der Waals surface area contributed by atoms with Crippen molar-refractivity contribution in [1.82, 2.24) is 5.32 Å². The lowest BCUT2D eigenvalue weighted by Gasteiger charge is -2.39. The zero-order chi connectivity index (χ0) is 23.9. The van der Waals surface area contributed by atoms with E-state index in [0.29, 0.717) is 19.6 Å². The largest absolute Gasteiger partial charge is 0.460 e. The molecule has 1 aromatic heterocycles. The first kappa shape index (κ1) is 26.3. The number of thiophene rings is 1. The number of benzene rings is 1. The third kappa shape index (κ3) is 7.00. The van der Waals surface area contributed by atoms with Crippen molar-refractivity contribution in [1.29, 1.82) is 0 Å². The highest BCUT2D eigenvalue weighted by Gasteiger charge is 2.40. The molecule has 0 aliphatic rings. The van der Waals surface area contributed by atoms with Gasteiger partial charge >= 0.3 is 5.97 Å². The molecule has 2 atom stereocenters. The van der Waals surface area contributed by atoms with Crippen molar-refractivity contribution in [3.8, 4) is 0 Å². The minimum Gasteiger partial charge on any atom is -0.460 e. The Morgan fingerprint density at radius 3 is 2.34 bits per heavy atom. The molecule has 7 nitrogen and oxygen atoms in total. The van der Waals surface area contributed by atoms with E-state index < -0.39 is 35.3 Å². The molecule has 32 heavy (non-hydrogen) atoms. The van der Waals surface area contributed by atoms with Crippen LogP contribution in [0.3, 0.4) is 0 Å². The topological polar surface area (TPSA) is 99.9 Å². The number of nitrogens with two attached hydrogens (primary N) is 1. The van der Waals surface area contributed by atoms with E-state index in [4.69, 9.17) is 19.9 Å². The fraction of sp³-hybridized carbons (Fsp3) is 0.583. The molecular formula is C24H36N2O5S. The average molecular weight is 465 g/mol. The predicted octanol–water partition coefficient (Wildman–Crippen LogP) is 3.78. The summed E-state index contributed by atoms with van der Waals surface area (Å²) in [6, 6.07) is 6.61. The molecule has 2 rings (SSSR count). The maximum atomic E-state index is 12.8. The lowest BCUT2D eigenvalue weighted by Crippen LogP contribution is -2.58. The van der Waals surface area contributed by atoms with Gasteiger partial charge in [0.1, 0.15) is 5.60 Å². The Bertz CT molecular complexity index is 899. The molecule has 2 aromatic rings. The molecule has 0 aliphatic heterocycles. The lowest BCUT2D eigenvalue weighted by atomic mass is 9.97. The maximum absolute atomic E-state index is 12.8. The monoisotopic (exact) mass is 464 g/mol. The van der Waals surface area contributed by atoms with Crippen LogP contribution in [0.25, 0.3) is 10.1 Å². The summed E-state index contributed by atoms with van der Waals surface area (Å²) in [4.78, 5) is 24.8. The van der Waals surface area contributed by atoms with Gasteiger partial charge in [-0.2, -0.15) is 0 Å². The van der Waals surface area contributed by atoms with Gasteiger partial charge < -0.3 is 25.3 Å². The van der Waals surface area contributed by atoms with Gasteiger partial charge in [0.25, 0.3) is 0 Å². The van der Waals surface area contributed by atoms with Crippen LogP contribution in [0.4, 0.5) is 0 Å². The standard InChI is InChI=1S/C24H36N2O5S/c1-7-29-24(30-8-2,14-17-15-32-20-12-10-9-11-18(17)20)16(3)26-22(28)19(25)13-21(27)31-23(4,5)6/h9-12,15-16,19H,7-8,13-14,25H2,1-6H3,(H,26,28)/t16-,19-/m0/s1. The molecule has 0 radical (unpaired) electrons. The first-order valence-corrected chi connectivity index (χ1v) is 11.9. The van der Waals surface area contributed by atoms with Gasteiger partial charge in [0, 0.05) is 24.3 Å². The van der Waals surface area contributed by atoms with E-state index in [2.05, 4.69) is 22.8 Å². The van der Waals surface area contributed by atoms with Gasteiger partial charge in [0.15, 0.2) is 5.79 Å². The minimum absolute atomic E-state index is 0.207. The van der Waals surface area contributed by atoms with E-state index >= 15 is 0 Å². The third-order valence-corrected chi connectivity index (χ3v) is 5.95. The number of esters is 1. The molecule has 8 heteroatoms. The van der Waals surface area contributed by atoms with E-state index in [1.165, 1.54) is 4.70 Å². The quantitative estimate of drug-likeness (QED) is 0.388. The Morgan fingerprint density at radius 2 is 1.75 bits per heavy atom. The van der Waals surface area contributed by atoms with Crippen LogP contribution in [0.2, 0.25) is 0 Å². The van der Waals surface area contributed by atoms with Crippen molar-refractivity contribution in [3.05, 3.63) is 35.2 Å². The predicted molar refractivity (Wildman–Crippen MR) is 128 cm³/mol. The fourth-order valence-electron chi connectivity index (χ4n) is 3.56. The molecule has 3 N–H and O–H groups in total. The molecular weight excluding hydrogens is 428 g/mol. The zero-order valence-corrected chi connectivity index (χ0v) is 20.7. The molecule has 178 valence electrons. The van der Waals surface area contributed by atoms with Gasteiger partial charge in [0.2, 0.25) is 5.91 Å². The number of amides is 1. The number of hydrogen-bond acceptors (Lipinski definition) is 7. The average Bonchev–Trinajstić information content (AvgIpc) is 3.09. The maximum Gasteiger partial charge on any atom is 0.308 e. The van der Waals surface area contributed by atoms with Crippen molar-refractivity contribution in [2.75, 3.05) is 13.2 Å². The SMILES string of the molecule is CCOC(Cc1csc2ccccc12)(OCC)[C@H](C)NC(=O)[C@@H](N)CC(=O)OC(C)(C)C. The van der Waals surface area contributed by atoms with E-state index in [1.807, 2.05) is 32.9 Å². The molecule has 0 unspecified atom stereocenters. The molecule has 0 aliphatic carbocycles. The Balaban J connectivity index is 2.18. The summed E-state index contributed by atoms with van der Waals surface area (Å²) < 4.78 is 18.7. The van der Waals surface area contributed by atoms with E-state index in [0.717, 1.165) is 10.9 Å². The Hall–Kier alpha value is -2.00. The Morgan fingerprint density at radius 1 is 1.12 bits per heavy atom. The second kappa shape index (κ2) is 11.2. The van der Waals surface area contributed by atoms with Gasteiger partial charge in [-0.1, -0.05) is 18.2 Å². The number of carbonyl (C=O) groups is 2. The van der Waals surface area contributed by atoms with Crippen molar-refractivity contribution < 1.29 is 23.8 Å². The van der Waals surface area contributed by atoms with Crippen LogP contribution in [0.15, 0.2) is 29.6 Å². The normalized spacial score (nSPS) is 14.2. The van der Waals surface area contributed by atoms with Crippen LogP contribution in [0.5, 0.6) is 0 Å². The number of carbonyl (C=O) groups excluding carboxylic acids is 2. The van der Waals surface area contributed by atoms with E-state index in [-0.39, 0.29) is 6.42 Å². The first-order chi connectivity index (χ1) is 15.0. The van der Waals surface area contributed by atoms with Crippen molar-refractivity contribution >= 4 is 33.3 Å². The van der Waals surface area contributed by atoms with Crippen LogP contribution >= 0.6 is 11.3 Å². The molecule has 1 heterocycles. The molecule has 0 bridgehead atoms. The van der Waals surface area contributed by atoms with Gasteiger partial charge in [-0.25, -0.2) is 0 Å². The molecule has 0 saturated heterocycles. The molecule has 0 spiro atoms. The summed E-state index contributed by atoms with van der Waals surface area (Å²) in [6.45, 7) is 11.7. The first-order valence-electron chi connectivity index (χ1n) is 11.0. The van der Waals surface area contributed by atoms with Gasteiger partial charge in [-0.05, 0) is 63.9 Å². The molecule has 1 aromatic carbocycles. The Labute approximate surface area is 194 Å². The zero-order valence-electron chi connectivity index (χ0n) is 19.9. The number of rotatable bonds is 11. The van der Waals surface area contributed by atoms with Crippen molar-refractivity contribution in [2.45, 2.75) is 77.9 Å². The molecule has 0 fully saturated rings. The van der Waals surface area contributed by atoms with E-state index in [9.17, 15) is 9.59 Å². The second-order valence-electron chi connectivity index (χ2n) is 8.74. The van der Waals surface area contributed by atoms with Crippen LogP contribution in [-0.4, -0.2) is 48.6 Å². The van der Waals surface area contributed by atoms with Gasteiger partial charge in [-0.15, -0.1) is 11.3 Å². The highest BCUT2D eigenvalue weighted by Crippen LogP contribution is 2.32. The summed E-state index contributed by atoms with van der Waals surface area (Å²) >= 11 is 1.66. The van der Waals surface area contributed by atoms with Gasteiger partial charge in [-0.3, -0.25) is 9.59 Å².